The number of anilines is 2. The molecule has 1 amide bonds. The Bertz CT molecular complexity index is 1500. The topological polar surface area (TPSA) is 83.4 Å². The number of rotatable bonds is 4. The summed E-state index contributed by atoms with van der Waals surface area (Å²) >= 11 is 5.92. The van der Waals surface area contributed by atoms with Crippen LogP contribution in [0.3, 0.4) is 0 Å². The van der Waals surface area contributed by atoms with E-state index in [0.717, 1.165) is 43.9 Å². The van der Waals surface area contributed by atoms with E-state index < -0.39 is 0 Å². The van der Waals surface area contributed by atoms with Gasteiger partial charge >= 0.3 is 0 Å². The summed E-state index contributed by atoms with van der Waals surface area (Å²) in [5, 5.41) is 3.68. The van der Waals surface area contributed by atoms with Gasteiger partial charge in [0.05, 0.1) is 16.6 Å². The van der Waals surface area contributed by atoms with Crippen LogP contribution in [-0.2, 0) is 0 Å². The SMILES string of the molecule is Cc1ccc(NC(=O)c2ccnc(Cl)c2)cc1-n1cnc2ccc(N3CCCN(C)CC3)cc2c1=O. The highest BCUT2D eigenvalue weighted by atomic mass is 35.5. The zero-order valence-electron chi connectivity index (χ0n) is 20.2. The van der Waals surface area contributed by atoms with Crippen LogP contribution in [0, 0.1) is 6.92 Å². The average molecular weight is 503 g/mol. The monoisotopic (exact) mass is 502 g/mol. The number of amides is 1. The van der Waals surface area contributed by atoms with Crippen LogP contribution in [0.1, 0.15) is 22.3 Å². The second-order valence-corrected chi connectivity index (χ2v) is 9.47. The summed E-state index contributed by atoms with van der Waals surface area (Å²) in [6, 6.07) is 14.4. The number of carbonyl (C=O) groups excluding carboxylic acids is 1. The Kier molecular flexibility index (Phi) is 6.71. The smallest absolute Gasteiger partial charge is 0.265 e. The summed E-state index contributed by atoms with van der Waals surface area (Å²) in [4.78, 5) is 39.4. The van der Waals surface area contributed by atoms with Crippen molar-refractivity contribution in [1.82, 2.24) is 19.4 Å². The number of benzene rings is 2. The van der Waals surface area contributed by atoms with Crippen LogP contribution in [0.2, 0.25) is 5.15 Å². The minimum atomic E-state index is -0.314. The first-order valence-corrected chi connectivity index (χ1v) is 12.3. The minimum absolute atomic E-state index is 0.152. The lowest BCUT2D eigenvalue weighted by atomic mass is 10.1. The molecule has 9 heteroatoms. The van der Waals surface area contributed by atoms with Crippen LogP contribution >= 0.6 is 11.6 Å². The largest absolute Gasteiger partial charge is 0.370 e. The van der Waals surface area contributed by atoms with E-state index in [0.29, 0.717) is 27.8 Å². The first-order chi connectivity index (χ1) is 17.4. The number of fused-ring (bicyclic) bond motifs is 1. The molecule has 3 heterocycles. The van der Waals surface area contributed by atoms with Gasteiger partial charge in [0.2, 0.25) is 0 Å². The van der Waals surface area contributed by atoms with Crippen molar-refractivity contribution in [3.8, 4) is 5.69 Å². The van der Waals surface area contributed by atoms with E-state index in [1.165, 1.54) is 16.8 Å². The lowest BCUT2D eigenvalue weighted by Crippen LogP contribution is -2.29. The van der Waals surface area contributed by atoms with Gasteiger partial charge in [-0.05, 0) is 75.0 Å². The normalized spacial score (nSPS) is 14.6. The molecule has 1 saturated heterocycles. The quantitative estimate of drug-likeness (QED) is 0.422. The number of pyridine rings is 1. The number of nitrogens with one attached hydrogen (secondary N) is 1. The summed E-state index contributed by atoms with van der Waals surface area (Å²) < 4.78 is 1.54. The number of carbonyl (C=O) groups is 1. The fourth-order valence-corrected chi connectivity index (χ4v) is 4.65. The Morgan fingerprint density at radius 3 is 2.69 bits per heavy atom. The van der Waals surface area contributed by atoms with Crippen LogP contribution in [0.15, 0.2) is 65.8 Å². The number of nitrogens with zero attached hydrogens (tertiary/aromatic N) is 5. The summed E-state index contributed by atoms with van der Waals surface area (Å²) in [7, 11) is 2.14. The molecule has 2 aromatic heterocycles. The van der Waals surface area contributed by atoms with Gasteiger partial charge < -0.3 is 15.1 Å². The summed E-state index contributed by atoms with van der Waals surface area (Å²) in [5.74, 6) is -0.314. The van der Waals surface area contributed by atoms with E-state index >= 15 is 0 Å². The van der Waals surface area contributed by atoms with Gasteiger partial charge in [0, 0.05) is 42.8 Å². The third-order valence-electron chi connectivity index (χ3n) is 6.54. The molecule has 0 radical (unpaired) electrons. The van der Waals surface area contributed by atoms with Crippen molar-refractivity contribution in [2.24, 2.45) is 0 Å². The molecule has 8 nitrogen and oxygen atoms in total. The molecule has 1 N–H and O–H groups in total. The molecule has 5 rings (SSSR count). The Morgan fingerprint density at radius 2 is 1.86 bits per heavy atom. The third kappa shape index (κ3) is 4.96. The minimum Gasteiger partial charge on any atom is -0.370 e. The van der Waals surface area contributed by atoms with Gasteiger partial charge in [-0.1, -0.05) is 17.7 Å². The Balaban J connectivity index is 1.49. The molecule has 1 fully saturated rings. The van der Waals surface area contributed by atoms with Gasteiger partial charge in [-0.25, -0.2) is 9.97 Å². The number of halogens is 1. The molecule has 0 unspecified atom stereocenters. The highest BCUT2D eigenvalue weighted by Gasteiger charge is 2.16. The van der Waals surface area contributed by atoms with Crippen molar-refractivity contribution in [2.45, 2.75) is 13.3 Å². The first kappa shape index (κ1) is 24.0. The fourth-order valence-electron chi connectivity index (χ4n) is 4.48. The molecular weight excluding hydrogens is 476 g/mol. The predicted molar refractivity (Wildman–Crippen MR) is 144 cm³/mol. The number of aryl methyl sites for hydroxylation is 1. The van der Waals surface area contributed by atoms with Crippen molar-refractivity contribution < 1.29 is 4.79 Å². The third-order valence-corrected chi connectivity index (χ3v) is 6.75. The second-order valence-electron chi connectivity index (χ2n) is 9.09. The van der Waals surface area contributed by atoms with Crippen molar-refractivity contribution in [3.05, 3.63) is 87.7 Å². The molecule has 0 atom stereocenters. The highest BCUT2D eigenvalue weighted by molar-refractivity contribution is 6.29. The maximum absolute atomic E-state index is 13.6. The number of hydrogen-bond acceptors (Lipinski definition) is 6. The van der Waals surface area contributed by atoms with E-state index in [-0.39, 0.29) is 16.6 Å². The van der Waals surface area contributed by atoms with Gasteiger partial charge in [-0.2, -0.15) is 0 Å². The summed E-state index contributed by atoms with van der Waals surface area (Å²) in [6.07, 6.45) is 4.10. The van der Waals surface area contributed by atoms with E-state index in [1.807, 2.05) is 31.2 Å². The Hall–Kier alpha value is -3.75. The second kappa shape index (κ2) is 10.1. The van der Waals surface area contributed by atoms with Gasteiger partial charge in [-0.3, -0.25) is 14.2 Å². The molecule has 36 heavy (non-hydrogen) atoms. The molecule has 0 saturated carbocycles. The van der Waals surface area contributed by atoms with Crippen LogP contribution in [0.25, 0.3) is 16.6 Å². The molecule has 0 bridgehead atoms. The van der Waals surface area contributed by atoms with Gasteiger partial charge in [0.15, 0.2) is 0 Å². The molecular formula is C27H27ClN6O2. The number of aromatic nitrogens is 3. The van der Waals surface area contributed by atoms with Crippen LogP contribution in [0.5, 0.6) is 0 Å². The number of hydrogen-bond donors (Lipinski definition) is 1. The van der Waals surface area contributed by atoms with E-state index in [2.05, 4.69) is 32.1 Å². The van der Waals surface area contributed by atoms with Crippen molar-refractivity contribution in [3.63, 3.8) is 0 Å². The Labute approximate surface area is 214 Å². The average Bonchev–Trinajstić information content (AvgIpc) is 3.10. The van der Waals surface area contributed by atoms with E-state index in [4.69, 9.17) is 11.6 Å². The van der Waals surface area contributed by atoms with Gasteiger partial charge in [0.1, 0.15) is 11.5 Å². The molecule has 0 aliphatic carbocycles. The molecule has 1 aliphatic heterocycles. The molecule has 2 aromatic carbocycles. The van der Waals surface area contributed by atoms with Crippen molar-refractivity contribution in [1.29, 1.82) is 0 Å². The summed E-state index contributed by atoms with van der Waals surface area (Å²) in [6.45, 7) is 5.84. The highest BCUT2D eigenvalue weighted by Crippen LogP contribution is 2.23. The van der Waals surface area contributed by atoms with Crippen LogP contribution in [-0.4, -0.2) is 58.6 Å². The van der Waals surface area contributed by atoms with Crippen LogP contribution < -0.4 is 15.8 Å². The molecule has 4 aromatic rings. The zero-order valence-corrected chi connectivity index (χ0v) is 21.0. The van der Waals surface area contributed by atoms with Crippen molar-refractivity contribution >= 4 is 39.8 Å². The van der Waals surface area contributed by atoms with E-state index in [1.54, 1.807) is 24.5 Å². The van der Waals surface area contributed by atoms with E-state index in [9.17, 15) is 9.59 Å². The maximum Gasteiger partial charge on any atom is 0.265 e. The first-order valence-electron chi connectivity index (χ1n) is 11.9. The molecule has 184 valence electrons. The predicted octanol–water partition coefficient (Wildman–Crippen LogP) is 4.14. The van der Waals surface area contributed by atoms with Crippen molar-refractivity contribution in [2.75, 3.05) is 43.4 Å². The Morgan fingerprint density at radius 1 is 1.00 bits per heavy atom. The summed E-state index contributed by atoms with van der Waals surface area (Å²) in [5.41, 5.74) is 4.03. The lowest BCUT2D eigenvalue weighted by Gasteiger charge is -2.23. The molecule has 0 spiro atoms. The fraction of sp³-hybridized carbons (Fsp3) is 0.259. The molecule has 1 aliphatic rings. The number of likely N-dealkylation sites (N-methyl/N-ethyl adjacent to an activating group) is 1. The standard InChI is InChI=1S/C27H27ClN6O2/c1-18-4-5-20(31-26(35)19-8-9-29-25(28)14-19)15-24(18)34-17-30-23-7-6-21(16-22(23)27(34)36)33-11-3-10-32(2)12-13-33/h4-9,14-17H,3,10-13H2,1-2H3,(H,31,35). The van der Waals surface area contributed by atoms with Gasteiger partial charge in [0.25, 0.3) is 11.5 Å². The zero-order chi connectivity index (χ0) is 25.2. The van der Waals surface area contributed by atoms with Crippen LogP contribution in [0.4, 0.5) is 11.4 Å². The maximum atomic E-state index is 13.6. The lowest BCUT2D eigenvalue weighted by molar-refractivity contribution is 0.102. The van der Waals surface area contributed by atoms with Gasteiger partial charge in [-0.15, -0.1) is 0 Å².